The smallest absolute Gasteiger partial charge is 0.148 e. The van der Waals surface area contributed by atoms with Crippen LogP contribution in [0.3, 0.4) is 0 Å². The number of nitrogens with one attached hydrogen (secondary N) is 2. The summed E-state index contributed by atoms with van der Waals surface area (Å²) in [6.07, 6.45) is 0.510. The van der Waals surface area contributed by atoms with Crippen LogP contribution in [0.4, 0.5) is 0 Å². The Morgan fingerprint density at radius 1 is 1.23 bits per heavy atom. The van der Waals surface area contributed by atoms with Crippen LogP contribution in [0.2, 0.25) is 0 Å². The van der Waals surface area contributed by atoms with E-state index in [0.717, 1.165) is 0 Å². The molecule has 0 aromatic heterocycles. The normalized spacial score (nSPS) is 19.7. The van der Waals surface area contributed by atoms with Gasteiger partial charge in [0.05, 0.1) is 13.2 Å². The predicted octanol–water partition coefficient (Wildman–Crippen LogP) is 2.60. The summed E-state index contributed by atoms with van der Waals surface area (Å²) in [5.41, 5.74) is 14.1. The number of halogens is 2. The zero-order valence-electron chi connectivity index (χ0n) is 6.92. The van der Waals surface area contributed by atoms with Crippen molar-refractivity contribution in [3.63, 3.8) is 0 Å². The van der Waals surface area contributed by atoms with Crippen LogP contribution in [0, 0.1) is 0 Å². The van der Waals surface area contributed by atoms with Gasteiger partial charge in [0.2, 0.25) is 0 Å². The number of hydrogen-bond acceptors (Lipinski definition) is 2. The average molecular weight is 410 g/mol. The first kappa shape index (κ1) is 14.1. The molecule has 0 atom stereocenters. The summed E-state index contributed by atoms with van der Waals surface area (Å²) in [7, 11) is 9.75. The Morgan fingerprint density at radius 2 is 1.69 bits per heavy atom. The second kappa shape index (κ2) is 8.42. The molecule has 0 aliphatic carbocycles. The van der Waals surface area contributed by atoms with Crippen LogP contribution < -0.4 is 0 Å². The molecular weight excluding hydrogens is 398 g/mol. The molecular formula is C6H12Cl2N2O2Pt. The summed E-state index contributed by atoms with van der Waals surface area (Å²) in [5.74, 6) is -0.734. The van der Waals surface area contributed by atoms with Gasteiger partial charge in [-0.25, -0.2) is 0 Å². The van der Waals surface area contributed by atoms with Crippen LogP contribution in [-0.4, -0.2) is 32.1 Å². The van der Waals surface area contributed by atoms with Gasteiger partial charge in [-0.2, -0.15) is 0 Å². The molecule has 13 heavy (non-hydrogen) atoms. The van der Waals surface area contributed by atoms with E-state index in [9.17, 15) is 0 Å². The molecule has 0 unspecified atom stereocenters. The minimum atomic E-state index is -0.734. The maximum Gasteiger partial charge on any atom is 0.148 e. The van der Waals surface area contributed by atoms with E-state index in [2.05, 4.69) is 0 Å². The third-order valence-electron chi connectivity index (χ3n) is 1.59. The van der Waals surface area contributed by atoms with E-state index in [0.29, 0.717) is 19.6 Å². The van der Waals surface area contributed by atoms with Crippen molar-refractivity contribution in [3.05, 3.63) is 11.5 Å². The summed E-state index contributed by atoms with van der Waals surface area (Å²) in [6, 6.07) is 0. The van der Waals surface area contributed by atoms with E-state index < -0.39 is 22.3 Å². The zero-order valence-corrected chi connectivity index (χ0v) is 10.7. The predicted molar refractivity (Wildman–Crippen MR) is 49.3 cm³/mol. The molecule has 0 bridgehead atoms. The van der Waals surface area contributed by atoms with Gasteiger partial charge in [-0.05, 0) is 6.42 Å². The van der Waals surface area contributed by atoms with Gasteiger partial charge in [-0.15, -0.1) is 6.54 Å². The minimum Gasteiger partial charge on any atom is -0.677 e. The van der Waals surface area contributed by atoms with E-state index in [1.54, 1.807) is 0 Å². The summed E-state index contributed by atoms with van der Waals surface area (Å²) < 4.78 is 10.4. The second-order valence-corrected chi connectivity index (χ2v) is 5.61. The maximum atomic E-state index is 7.12. The minimum absolute atomic E-state index is 0.103. The topological polar surface area (TPSA) is 66.1 Å². The summed E-state index contributed by atoms with van der Waals surface area (Å²) in [6.45, 7) is 1.50. The van der Waals surface area contributed by atoms with Gasteiger partial charge >= 0.3 is 35.3 Å². The Labute approximate surface area is 94.6 Å². The van der Waals surface area contributed by atoms with Crippen molar-refractivity contribution in [2.75, 3.05) is 26.3 Å². The van der Waals surface area contributed by atoms with Gasteiger partial charge in [0, 0.05) is 0 Å². The molecule has 0 spiro atoms. The Kier molecular flexibility index (Phi) is 9.14. The Balaban J connectivity index is 0.000000424. The van der Waals surface area contributed by atoms with Crippen molar-refractivity contribution >= 4 is 18.8 Å². The molecule has 1 fully saturated rings. The van der Waals surface area contributed by atoms with Crippen molar-refractivity contribution in [2.24, 2.45) is 0 Å². The van der Waals surface area contributed by atoms with Crippen molar-refractivity contribution < 1.29 is 26.0 Å². The summed E-state index contributed by atoms with van der Waals surface area (Å²) in [4.78, 5) is 0. The van der Waals surface area contributed by atoms with Crippen LogP contribution >= 0.6 is 18.8 Å². The van der Waals surface area contributed by atoms with Crippen LogP contribution in [0.25, 0.3) is 11.5 Å². The zero-order chi connectivity index (χ0) is 10.2. The van der Waals surface area contributed by atoms with Gasteiger partial charge in [0.15, 0.2) is 0 Å². The van der Waals surface area contributed by atoms with Crippen LogP contribution in [0.5, 0.6) is 0 Å². The standard InChI is InChI=1S/C6H12N2O2.2ClH.Pt/c7-2-1-6(5-8)9-3-4-10-6;;;/h7-8H,1-5H2;2*1H;/q-2;;;+4/p-2. The van der Waals surface area contributed by atoms with E-state index in [1.807, 2.05) is 0 Å². The molecule has 0 amide bonds. The average Bonchev–Trinajstić information content (AvgIpc) is 2.56. The van der Waals surface area contributed by atoms with Crippen molar-refractivity contribution in [1.29, 1.82) is 0 Å². The first-order valence-corrected chi connectivity index (χ1v) is 9.27. The van der Waals surface area contributed by atoms with E-state index in [1.165, 1.54) is 0 Å². The first-order valence-electron chi connectivity index (χ1n) is 3.64. The largest absolute Gasteiger partial charge is 0.677 e. The molecule has 0 aromatic carbocycles. The van der Waals surface area contributed by atoms with E-state index in [-0.39, 0.29) is 13.1 Å². The fraction of sp³-hybridized carbons (Fsp3) is 1.00. The molecule has 82 valence electrons. The molecule has 2 N–H and O–H groups in total. The van der Waals surface area contributed by atoms with Crippen LogP contribution in [0.1, 0.15) is 6.42 Å². The van der Waals surface area contributed by atoms with E-state index in [4.69, 9.17) is 39.8 Å². The Bertz CT molecular complexity index is 125. The molecule has 1 heterocycles. The van der Waals surface area contributed by atoms with Crippen molar-refractivity contribution in [2.45, 2.75) is 12.2 Å². The van der Waals surface area contributed by atoms with E-state index >= 15 is 0 Å². The molecule has 0 radical (unpaired) electrons. The van der Waals surface area contributed by atoms with Gasteiger partial charge in [0.1, 0.15) is 5.79 Å². The molecule has 1 saturated heterocycles. The fourth-order valence-electron chi connectivity index (χ4n) is 1.02. The molecule has 4 nitrogen and oxygen atoms in total. The number of hydrogen-bond donors (Lipinski definition) is 0. The van der Waals surface area contributed by atoms with Gasteiger partial charge in [0.25, 0.3) is 0 Å². The summed E-state index contributed by atoms with van der Waals surface area (Å²) in [5, 5.41) is 0. The molecule has 1 rings (SSSR count). The maximum absolute atomic E-state index is 7.12. The monoisotopic (exact) mass is 409 g/mol. The van der Waals surface area contributed by atoms with Crippen molar-refractivity contribution in [1.82, 2.24) is 0 Å². The Morgan fingerprint density at radius 3 is 2.00 bits per heavy atom. The number of rotatable bonds is 3. The van der Waals surface area contributed by atoms with Gasteiger partial charge in [-0.1, -0.05) is 6.54 Å². The molecule has 0 saturated carbocycles. The quantitative estimate of drug-likeness (QED) is 0.718. The molecule has 1 aliphatic rings. The third-order valence-corrected chi connectivity index (χ3v) is 1.59. The van der Waals surface area contributed by atoms with Gasteiger partial charge in [-0.3, -0.25) is 0 Å². The van der Waals surface area contributed by atoms with Gasteiger partial charge < -0.3 is 20.9 Å². The summed E-state index contributed by atoms with van der Waals surface area (Å²) >= 11 is -0.472. The second-order valence-electron chi connectivity index (χ2n) is 2.33. The van der Waals surface area contributed by atoms with Crippen LogP contribution in [-0.2, 0) is 26.0 Å². The van der Waals surface area contributed by atoms with Crippen molar-refractivity contribution in [3.8, 4) is 0 Å². The molecule has 1 aliphatic heterocycles. The molecule has 7 heteroatoms. The van der Waals surface area contributed by atoms with Crippen LogP contribution in [0.15, 0.2) is 0 Å². The fourth-order valence-corrected chi connectivity index (χ4v) is 1.02. The SMILES string of the molecule is [Cl][Pt+2][Cl].[NH-]CCC1(C[NH-])OCCO1. The first-order chi connectivity index (χ1) is 6.24. The third kappa shape index (κ3) is 5.53. The molecule has 0 aromatic rings. The number of ether oxygens (including phenoxy) is 2. The Hall–Kier alpha value is 1.11.